The number of benzene rings is 1. The number of carbonyl (C=O) groups excluding carboxylic acids is 1. The van der Waals surface area contributed by atoms with Gasteiger partial charge < -0.3 is 15.3 Å². The average Bonchev–Trinajstić information content (AvgIpc) is 3.15. The molecule has 5 nitrogen and oxygen atoms in total. The van der Waals surface area contributed by atoms with E-state index < -0.39 is 17.8 Å². The molecule has 2 amide bonds. The Morgan fingerprint density at radius 3 is 2.68 bits per heavy atom. The van der Waals surface area contributed by atoms with E-state index in [2.05, 4.69) is 5.32 Å². The Hall–Kier alpha value is -2.11. The number of rotatable bonds is 4. The molecule has 1 fully saturated rings. The van der Waals surface area contributed by atoms with Crippen molar-refractivity contribution < 1.29 is 19.1 Å². The Bertz CT molecular complexity index is 515. The minimum atomic E-state index is -1.21. The van der Waals surface area contributed by atoms with Gasteiger partial charge in [-0.2, -0.15) is 0 Å². The molecule has 1 aliphatic rings. The smallest absolute Gasteiger partial charge is 0.335 e. The molecule has 2 N–H and O–H groups in total. The SMILES string of the molecule is CN(CC1CC1)C(=O)Nc1ccc(C(=O)O)cc1F. The number of nitrogens with one attached hydrogen (secondary N) is 1. The van der Waals surface area contributed by atoms with Gasteiger partial charge in [0.05, 0.1) is 11.3 Å². The maximum Gasteiger partial charge on any atom is 0.335 e. The maximum atomic E-state index is 13.6. The molecule has 0 aliphatic heterocycles. The highest BCUT2D eigenvalue weighted by molar-refractivity contribution is 5.91. The fourth-order valence-electron chi connectivity index (χ4n) is 1.73. The quantitative estimate of drug-likeness (QED) is 0.879. The Morgan fingerprint density at radius 1 is 1.47 bits per heavy atom. The van der Waals surface area contributed by atoms with Crippen LogP contribution in [0.2, 0.25) is 0 Å². The summed E-state index contributed by atoms with van der Waals surface area (Å²) in [6.07, 6.45) is 2.25. The van der Waals surface area contributed by atoms with E-state index in [-0.39, 0.29) is 11.3 Å². The van der Waals surface area contributed by atoms with Gasteiger partial charge in [-0.25, -0.2) is 14.0 Å². The van der Waals surface area contributed by atoms with Crippen LogP contribution in [0.1, 0.15) is 23.2 Å². The second-order valence-electron chi connectivity index (χ2n) is 4.75. The van der Waals surface area contributed by atoms with E-state index in [1.807, 2.05) is 0 Å². The van der Waals surface area contributed by atoms with Crippen LogP contribution in [0, 0.1) is 11.7 Å². The number of carboxylic acid groups (broad SMARTS) is 1. The van der Waals surface area contributed by atoms with E-state index in [9.17, 15) is 14.0 Å². The first-order valence-electron chi connectivity index (χ1n) is 6.02. The van der Waals surface area contributed by atoms with Crippen molar-refractivity contribution in [3.8, 4) is 0 Å². The highest BCUT2D eigenvalue weighted by atomic mass is 19.1. The molecule has 0 saturated heterocycles. The molecular formula is C13H15FN2O3. The largest absolute Gasteiger partial charge is 0.478 e. The maximum absolute atomic E-state index is 13.6. The predicted molar refractivity (Wildman–Crippen MR) is 67.7 cm³/mol. The summed E-state index contributed by atoms with van der Waals surface area (Å²) in [5.74, 6) is -1.41. The molecule has 0 aromatic heterocycles. The highest BCUT2D eigenvalue weighted by Crippen LogP contribution is 2.29. The predicted octanol–water partition coefficient (Wildman–Crippen LogP) is 2.40. The number of carbonyl (C=O) groups is 2. The third kappa shape index (κ3) is 3.43. The molecule has 102 valence electrons. The Balaban J connectivity index is 2.01. The van der Waals surface area contributed by atoms with Crippen molar-refractivity contribution in [2.24, 2.45) is 5.92 Å². The summed E-state index contributed by atoms with van der Waals surface area (Å²) in [5.41, 5.74) is -0.167. The minimum absolute atomic E-state index is 0.0161. The molecule has 1 aliphatic carbocycles. The molecule has 0 spiro atoms. The van der Waals surface area contributed by atoms with Crippen LogP contribution >= 0.6 is 0 Å². The number of hydrogen-bond acceptors (Lipinski definition) is 2. The molecule has 1 saturated carbocycles. The zero-order valence-corrected chi connectivity index (χ0v) is 10.5. The van der Waals surface area contributed by atoms with Crippen molar-refractivity contribution in [3.05, 3.63) is 29.6 Å². The molecule has 2 rings (SSSR count). The van der Waals surface area contributed by atoms with Crippen LogP contribution in [0.4, 0.5) is 14.9 Å². The van der Waals surface area contributed by atoms with E-state index in [0.717, 1.165) is 18.9 Å². The molecule has 0 heterocycles. The number of amides is 2. The average molecular weight is 266 g/mol. The van der Waals surface area contributed by atoms with E-state index in [4.69, 9.17) is 5.11 Å². The molecule has 0 bridgehead atoms. The molecule has 0 radical (unpaired) electrons. The number of hydrogen-bond donors (Lipinski definition) is 2. The number of urea groups is 1. The number of carboxylic acids is 1. The van der Waals surface area contributed by atoms with Crippen molar-refractivity contribution >= 4 is 17.7 Å². The van der Waals surface area contributed by atoms with E-state index in [1.54, 1.807) is 7.05 Å². The van der Waals surface area contributed by atoms with Gasteiger partial charge in [-0.3, -0.25) is 0 Å². The second kappa shape index (κ2) is 5.26. The molecule has 1 aromatic carbocycles. The second-order valence-corrected chi connectivity index (χ2v) is 4.75. The van der Waals surface area contributed by atoms with Gasteiger partial charge >= 0.3 is 12.0 Å². The number of aromatic carboxylic acids is 1. The number of anilines is 1. The summed E-state index contributed by atoms with van der Waals surface area (Å²) in [6, 6.07) is 3.00. The standard InChI is InChI=1S/C13H15FN2O3/c1-16(7-8-2-3-8)13(19)15-11-5-4-9(12(17)18)6-10(11)14/h4-6,8H,2-3,7H2,1H3,(H,15,19)(H,17,18). The van der Waals surface area contributed by atoms with Gasteiger partial charge in [0.15, 0.2) is 0 Å². The van der Waals surface area contributed by atoms with Crippen molar-refractivity contribution in [2.75, 3.05) is 18.9 Å². The Morgan fingerprint density at radius 2 is 2.16 bits per heavy atom. The zero-order valence-electron chi connectivity index (χ0n) is 10.5. The summed E-state index contributed by atoms with van der Waals surface area (Å²) in [5, 5.41) is 11.1. The van der Waals surface area contributed by atoms with Gasteiger partial charge in [-0.05, 0) is 37.0 Å². The highest BCUT2D eigenvalue weighted by Gasteiger charge is 2.25. The molecule has 0 unspecified atom stereocenters. The van der Waals surface area contributed by atoms with Crippen molar-refractivity contribution in [2.45, 2.75) is 12.8 Å². The zero-order chi connectivity index (χ0) is 14.0. The van der Waals surface area contributed by atoms with Crippen LogP contribution in [0.5, 0.6) is 0 Å². The van der Waals surface area contributed by atoms with Gasteiger partial charge in [0.1, 0.15) is 5.82 Å². The first-order chi connectivity index (χ1) is 8.97. The lowest BCUT2D eigenvalue weighted by Gasteiger charge is -2.17. The van der Waals surface area contributed by atoms with Crippen LogP contribution in [-0.2, 0) is 0 Å². The number of halogens is 1. The van der Waals surface area contributed by atoms with Gasteiger partial charge in [-0.1, -0.05) is 0 Å². The Labute approximate surface area is 110 Å². The summed E-state index contributed by atoms with van der Waals surface area (Å²) >= 11 is 0. The minimum Gasteiger partial charge on any atom is -0.478 e. The monoisotopic (exact) mass is 266 g/mol. The number of nitrogens with zero attached hydrogens (tertiary/aromatic N) is 1. The van der Waals surface area contributed by atoms with Crippen LogP contribution in [0.15, 0.2) is 18.2 Å². The topological polar surface area (TPSA) is 69.6 Å². The van der Waals surface area contributed by atoms with Crippen LogP contribution in [0.3, 0.4) is 0 Å². The molecule has 0 atom stereocenters. The fourth-order valence-corrected chi connectivity index (χ4v) is 1.73. The normalized spacial score (nSPS) is 14.0. The van der Waals surface area contributed by atoms with Crippen LogP contribution in [0.25, 0.3) is 0 Å². The summed E-state index contributed by atoms with van der Waals surface area (Å²) in [4.78, 5) is 23.9. The van der Waals surface area contributed by atoms with Gasteiger partial charge in [0.2, 0.25) is 0 Å². The molecular weight excluding hydrogens is 251 g/mol. The summed E-state index contributed by atoms with van der Waals surface area (Å²) < 4.78 is 13.6. The molecule has 1 aromatic rings. The fraction of sp³-hybridized carbons (Fsp3) is 0.385. The summed E-state index contributed by atoms with van der Waals surface area (Å²) in [6.45, 7) is 0.653. The first kappa shape index (κ1) is 13.3. The summed E-state index contributed by atoms with van der Waals surface area (Å²) in [7, 11) is 1.65. The van der Waals surface area contributed by atoms with Gasteiger partial charge in [0.25, 0.3) is 0 Å². The van der Waals surface area contributed by atoms with E-state index in [1.165, 1.54) is 17.0 Å². The van der Waals surface area contributed by atoms with Gasteiger partial charge in [-0.15, -0.1) is 0 Å². The first-order valence-corrected chi connectivity index (χ1v) is 6.02. The van der Waals surface area contributed by atoms with Gasteiger partial charge in [0, 0.05) is 13.6 Å². The Kier molecular flexibility index (Phi) is 3.69. The lowest BCUT2D eigenvalue weighted by atomic mass is 10.2. The van der Waals surface area contributed by atoms with Crippen LogP contribution in [-0.4, -0.2) is 35.6 Å². The van der Waals surface area contributed by atoms with E-state index in [0.29, 0.717) is 12.5 Å². The van der Waals surface area contributed by atoms with Crippen molar-refractivity contribution in [3.63, 3.8) is 0 Å². The third-order valence-electron chi connectivity index (χ3n) is 3.03. The lowest BCUT2D eigenvalue weighted by Crippen LogP contribution is -2.33. The third-order valence-corrected chi connectivity index (χ3v) is 3.03. The lowest BCUT2D eigenvalue weighted by molar-refractivity contribution is 0.0696. The van der Waals surface area contributed by atoms with Crippen molar-refractivity contribution in [1.82, 2.24) is 4.90 Å². The van der Waals surface area contributed by atoms with Crippen LogP contribution < -0.4 is 5.32 Å². The van der Waals surface area contributed by atoms with Crippen molar-refractivity contribution in [1.29, 1.82) is 0 Å². The molecule has 6 heteroatoms. The van der Waals surface area contributed by atoms with E-state index >= 15 is 0 Å². The molecule has 19 heavy (non-hydrogen) atoms.